The van der Waals surface area contributed by atoms with E-state index in [-0.39, 0.29) is 0 Å². The number of rotatable bonds is 8. The molecule has 2 nitrogen and oxygen atoms in total. The first-order valence-corrected chi connectivity index (χ1v) is 7.63. The fourth-order valence-electron chi connectivity index (χ4n) is 3.09. The molecule has 2 atom stereocenters. The summed E-state index contributed by atoms with van der Waals surface area (Å²) >= 11 is 0. The van der Waals surface area contributed by atoms with E-state index in [9.17, 15) is 0 Å². The van der Waals surface area contributed by atoms with Crippen molar-refractivity contribution in [3.8, 4) is 0 Å². The Kier molecular flexibility index (Phi) is 7.14. The van der Waals surface area contributed by atoms with E-state index >= 15 is 0 Å². The van der Waals surface area contributed by atoms with Crippen LogP contribution < -0.4 is 5.73 Å². The van der Waals surface area contributed by atoms with Gasteiger partial charge in [-0.25, -0.2) is 0 Å². The van der Waals surface area contributed by atoms with Crippen molar-refractivity contribution in [2.24, 2.45) is 17.6 Å². The van der Waals surface area contributed by atoms with Crippen LogP contribution in [0.2, 0.25) is 0 Å². The Labute approximate surface area is 108 Å². The highest BCUT2D eigenvalue weighted by Gasteiger charge is 2.28. The molecule has 1 aliphatic rings. The minimum absolute atomic E-state index is 0.686. The largest absolute Gasteiger partial charge is 0.330 e. The molecule has 0 aromatic carbocycles. The van der Waals surface area contributed by atoms with Gasteiger partial charge in [-0.15, -0.1) is 0 Å². The third kappa shape index (κ3) is 4.97. The van der Waals surface area contributed by atoms with Gasteiger partial charge in [-0.05, 0) is 58.0 Å². The number of hydrogen-bond acceptors (Lipinski definition) is 2. The highest BCUT2D eigenvalue weighted by atomic mass is 15.1. The molecule has 0 saturated heterocycles. The Morgan fingerprint density at radius 2 is 1.88 bits per heavy atom. The van der Waals surface area contributed by atoms with Crippen LogP contribution in [0.25, 0.3) is 0 Å². The van der Waals surface area contributed by atoms with Crippen LogP contribution in [0.4, 0.5) is 0 Å². The molecule has 0 aromatic rings. The van der Waals surface area contributed by atoms with Crippen LogP contribution in [0, 0.1) is 11.8 Å². The maximum Gasteiger partial charge on any atom is 0.00387 e. The molecule has 0 aliphatic heterocycles. The predicted octanol–water partition coefficient (Wildman–Crippen LogP) is 3.26. The number of unbranched alkanes of at least 4 members (excludes halogenated alkanes) is 2. The van der Waals surface area contributed by atoms with Crippen LogP contribution in [0.3, 0.4) is 0 Å². The zero-order valence-corrected chi connectivity index (χ0v) is 12.1. The first-order chi connectivity index (χ1) is 8.19. The van der Waals surface area contributed by atoms with E-state index in [0.29, 0.717) is 6.04 Å². The molecular weight excluding hydrogens is 208 g/mol. The average Bonchev–Trinajstić information content (AvgIpc) is 2.75. The molecule has 2 heteroatoms. The molecule has 17 heavy (non-hydrogen) atoms. The zero-order chi connectivity index (χ0) is 12.7. The summed E-state index contributed by atoms with van der Waals surface area (Å²) in [5.74, 6) is 1.66. The Morgan fingerprint density at radius 3 is 2.47 bits per heavy atom. The van der Waals surface area contributed by atoms with Crippen LogP contribution in [0.15, 0.2) is 0 Å². The lowest BCUT2D eigenvalue weighted by Gasteiger charge is -2.31. The summed E-state index contributed by atoms with van der Waals surface area (Å²) < 4.78 is 0. The van der Waals surface area contributed by atoms with E-state index < -0.39 is 0 Å². The Hall–Kier alpha value is -0.0800. The molecule has 0 radical (unpaired) electrons. The molecular formula is C15H32N2. The Balaban J connectivity index is 2.37. The molecule has 102 valence electrons. The molecule has 0 heterocycles. The quantitative estimate of drug-likeness (QED) is 0.660. The van der Waals surface area contributed by atoms with Gasteiger partial charge >= 0.3 is 0 Å². The van der Waals surface area contributed by atoms with Crippen molar-refractivity contribution in [1.29, 1.82) is 0 Å². The van der Waals surface area contributed by atoms with Gasteiger partial charge in [0.15, 0.2) is 0 Å². The number of nitrogens with zero attached hydrogens (tertiary/aromatic N) is 1. The fraction of sp³-hybridized carbons (Fsp3) is 1.00. The van der Waals surface area contributed by atoms with Gasteiger partial charge in [-0.1, -0.05) is 26.2 Å². The van der Waals surface area contributed by atoms with Crippen molar-refractivity contribution >= 4 is 0 Å². The second kappa shape index (κ2) is 8.10. The highest BCUT2D eigenvalue weighted by molar-refractivity contribution is 4.81. The van der Waals surface area contributed by atoms with Crippen molar-refractivity contribution in [1.82, 2.24) is 4.90 Å². The smallest absolute Gasteiger partial charge is 0.00387 e. The molecule has 2 unspecified atom stereocenters. The molecule has 0 amide bonds. The minimum atomic E-state index is 0.686. The van der Waals surface area contributed by atoms with Gasteiger partial charge in [0.05, 0.1) is 0 Å². The van der Waals surface area contributed by atoms with Crippen molar-refractivity contribution in [3.63, 3.8) is 0 Å². The molecule has 2 N–H and O–H groups in total. The first-order valence-electron chi connectivity index (χ1n) is 7.63. The summed E-state index contributed by atoms with van der Waals surface area (Å²) in [6.07, 6.45) is 8.21. The zero-order valence-electron chi connectivity index (χ0n) is 12.1. The van der Waals surface area contributed by atoms with Crippen molar-refractivity contribution in [2.45, 2.75) is 65.3 Å². The van der Waals surface area contributed by atoms with E-state index in [1.165, 1.54) is 51.6 Å². The van der Waals surface area contributed by atoms with Crippen LogP contribution in [0.1, 0.15) is 59.3 Å². The lowest BCUT2D eigenvalue weighted by Crippen LogP contribution is -2.38. The molecule has 1 aliphatic carbocycles. The SMILES string of the molecule is CCCCCN(CC1CCCC1CN)C(C)C. The van der Waals surface area contributed by atoms with Crippen LogP contribution in [-0.2, 0) is 0 Å². The van der Waals surface area contributed by atoms with Gasteiger partial charge < -0.3 is 10.6 Å². The summed E-state index contributed by atoms with van der Waals surface area (Å²) in [5.41, 5.74) is 5.88. The van der Waals surface area contributed by atoms with E-state index in [2.05, 4.69) is 25.7 Å². The monoisotopic (exact) mass is 240 g/mol. The summed E-state index contributed by atoms with van der Waals surface area (Å²) in [6, 6.07) is 0.686. The maximum atomic E-state index is 5.88. The van der Waals surface area contributed by atoms with Crippen LogP contribution >= 0.6 is 0 Å². The summed E-state index contributed by atoms with van der Waals surface area (Å²) in [6.45, 7) is 10.4. The number of hydrogen-bond donors (Lipinski definition) is 1. The van der Waals surface area contributed by atoms with E-state index in [0.717, 1.165) is 18.4 Å². The summed E-state index contributed by atoms with van der Waals surface area (Å²) in [4.78, 5) is 2.67. The topological polar surface area (TPSA) is 29.3 Å². The highest BCUT2D eigenvalue weighted by Crippen LogP contribution is 2.31. The second-order valence-corrected chi connectivity index (χ2v) is 5.98. The van der Waals surface area contributed by atoms with E-state index in [1.54, 1.807) is 0 Å². The van der Waals surface area contributed by atoms with Crippen molar-refractivity contribution < 1.29 is 0 Å². The Morgan fingerprint density at radius 1 is 1.18 bits per heavy atom. The number of nitrogens with two attached hydrogens (primary N) is 1. The van der Waals surface area contributed by atoms with Gasteiger partial charge in [0, 0.05) is 12.6 Å². The minimum Gasteiger partial charge on any atom is -0.330 e. The molecule has 1 rings (SSSR count). The van der Waals surface area contributed by atoms with Gasteiger partial charge in [-0.3, -0.25) is 0 Å². The third-order valence-corrected chi connectivity index (χ3v) is 4.37. The summed E-state index contributed by atoms with van der Waals surface area (Å²) in [5, 5.41) is 0. The van der Waals surface area contributed by atoms with Gasteiger partial charge in [-0.2, -0.15) is 0 Å². The van der Waals surface area contributed by atoms with Gasteiger partial charge in [0.2, 0.25) is 0 Å². The van der Waals surface area contributed by atoms with Crippen molar-refractivity contribution in [2.75, 3.05) is 19.6 Å². The third-order valence-electron chi connectivity index (χ3n) is 4.37. The molecule has 0 aromatic heterocycles. The van der Waals surface area contributed by atoms with E-state index in [4.69, 9.17) is 5.73 Å². The van der Waals surface area contributed by atoms with Gasteiger partial charge in [0.1, 0.15) is 0 Å². The maximum absolute atomic E-state index is 5.88. The first kappa shape index (κ1) is 15.0. The lowest BCUT2D eigenvalue weighted by atomic mass is 9.95. The molecule has 1 fully saturated rings. The molecule has 0 spiro atoms. The second-order valence-electron chi connectivity index (χ2n) is 5.98. The van der Waals surface area contributed by atoms with Crippen LogP contribution in [-0.4, -0.2) is 30.6 Å². The van der Waals surface area contributed by atoms with Crippen molar-refractivity contribution in [3.05, 3.63) is 0 Å². The Bertz CT molecular complexity index is 191. The van der Waals surface area contributed by atoms with Gasteiger partial charge in [0.25, 0.3) is 0 Å². The molecule has 1 saturated carbocycles. The normalized spacial score (nSPS) is 25.1. The predicted molar refractivity (Wildman–Crippen MR) is 76.1 cm³/mol. The average molecular weight is 240 g/mol. The van der Waals surface area contributed by atoms with Crippen LogP contribution in [0.5, 0.6) is 0 Å². The lowest BCUT2D eigenvalue weighted by molar-refractivity contribution is 0.166. The fourth-order valence-corrected chi connectivity index (χ4v) is 3.09. The van der Waals surface area contributed by atoms with E-state index in [1.807, 2.05) is 0 Å². The summed E-state index contributed by atoms with van der Waals surface area (Å²) in [7, 11) is 0. The molecule has 0 bridgehead atoms. The standard InChI is InChI=1S/C15H32N2/c1-4-5-6-10-17(13(2)3)12-15-9-7-8-14(15)11-16/h13-15H,4-12,16H2,1-3H3.